The van der Waals surface area contributed by atoms with Gasteiger partial charge in [0.25, 0.3) is 5.56 Å². The largest absolute Gasteiger partial charge is 0.278 e. The van der Waals surface area contributed by atoms with Crippen LogP contribution in [0.1, 0.15) is 24.5 Å². The lowest BCUT2D eigenvalue weighted by Crippen LogP contribution is -2.23. The fraction of sp³-hybridized carbons (Fsp3) is 0.263. The Kier molecular flexibility index (Phi) is 3.39. The second-order valence-corrected chi connectivity index (χ2v) is 6.73. The van der Waals surface area contributed by atoms with Gasteiger partial charge in [-0.25, -0.2) is 4.98 Å². The Bertz CT molecular complexity index is 1170. The van der Waals surface area contributed by atoms with Crippen LogP contribution in [0.25, 0.3) is 27.7 Å². The number of hydrogen-bond acceptors (Lipinski definition) is 2. The minimum Gasteiger partial charge on any atom is -0.278 e. The number of aromatic nitrogens is 3. The molecular formula is C19H18ClN3O. The van der Waals surface area contributed by atoms with Crippen LogP contribution in [-0.4, -0.2) is 14.0 Å². The van der Waals surface area contributed by atoms with Gasteiger partial charge in [0.2, 0.25) is 5.78 Å². The van der Waals surface area contributed by atoms with Gasteiger partial charge in [0.15, 0.2) is 0 Å². The molecular weight excluding hydrogens is 322 g/mol. The van der Waals surface area contributed by atoms with Crippen LogP contribution in [0.5, 0.6) is 0 Å². The summed E-state index contributed by atoms with van der Waals surface area (Å²) < 4.78 is 3.83. The van der Waals surface area contributed by atoms with Crippen molar-refractivity contribution >= 4 is 39.3 Å². The molecule has 0 aliphatic carbocycles. The molecule has 4 nitrogen and oxygen atoms in total. The number of fused-ring (bicyclic) bond motifs is 5. The third kappa shape index (κ3) is 2.06. The summed E-state index contributed by atoms with van der Waals surface area (Å²) in [5.41, 5.74) is 5.14. The van der Waals surface area contributed by atoms with Gasteiger partial charge in [-0.3, -0.25) is 13.8 Å². The summed E-state index contributed by atoms with van der Waals surface area (Å²) >= 11 is 6.14. The maximum atomic E-state index is 12.9. The number of halogens is 1. The zero-order valence-corrected chi connectivity index (χ0v) is 14.7. The van der Waals surface area contributed by atoms with E-state index in [9.17, 15) is 4.79 Å². The van der Waals surface area contributed by atoms with Crippen LogP contribution in [0.2, 0.25) is 5.02 Å². The molecule has 5 heteroatoms. The number of benzene rings is 2. The number of imidazole rings is 1. The summed E-state index contributed by atoms with van der Waals surface area (Å²) in [6.45, 7) is 6.86. The molecule has 0 N–H and O–H groups in total. The highest BCUT2D eigenvalue weighted by molar-refractivity contribution is 6.31. The molecule has 2 aromatic heterocycles. The molecule has 4 aromatic rings. The van der Waals surface area contributed by atoms with Gasteiger partial charge in [0, 0.05) is 11.6 Å². The van der Waals surface area contributed by atoms with Crippen LogP contribution in [-0.2, 0) is 6.54 Å². The van der Waals surface area contributed by atoms with Crippen molar-refractivity contribution in [2.24, 2.45) is 0 Å². The molecule has 0 saturated carbocycles. The first-order valence-corrected chi connectivity index (χ1v) is 8.50. The van der Waals surface area contributed by atoms with Crippen molar-refractivity contribution in [1.29, 1.82) is 0 Å². The van der Waals surface area contributed by atoms with Gasteiger partial charge in [-0.2, -0.15) is 0 Å². The van der Waals surface area contributed by atoms with Crippen LogP contribution in [0.4, 0.5) is 0 Å². The molecule has 0 spiro atoms. The summed E-state index contributed by atoms with van der Waals surface area (Å²) in [5.74, 6) is 0.691. The zero-order valence-electron chi connectivity index (χ0n) is 13.9. The predicted molar refractivity (Wildman–Crippen MR) is 99.2 cm³/mol. The molecule has 0 aliphatic rings. The molecule has 122 valence electrons. The van der Waals surface area contributed by atoms with E-state index < -0.39 is 0 Å². The fourth-order valence-electron chi connectivity index (χ4n) is 3.27. The molecule has 24 heavy (non-hydrogen) atoms. The van der Waals surface area contributed by atoms with Crippen molar-refractivity contribution in [2.75, 3.05) is 0 Å². The van der Waals surface area contributed by atoms with Gasteiger partial charge >= 0.3 is 0 Å². The van der Waals surface area contributed by atoms with Gasteiger partial charge < -0.3 is 0 Å². The van der Waals surface area contributed by atoms with E-state index in [2.05, 4.69) is 37.3 Å². The van der Waals surface area contributed by atoms with Gasteiger partial charge in [-0.1, -0.05) is 18.5 Å². The third-order valence-corrected chi connectivity index (χ3v) is 4.85. The molecule has 0 unspecified atom stereocenters. The summed E-state index contributed by atoms with van der Waals surface area (Å²) in [6, 6.07) is 9.69. The van der Waals surface area contributed by atoms with E-state index in [1.807, 2.05) is 12.1 Å². The summed E-state index contributed by atoms with van der Waals surface area (Å²) in [7, 11) is 0. The summed E-state index contributed by atoms with van der Waals surface area (Å²) in [4.78, 5) is 17.7. The first kappa shape index (κ1) is 15.2. The molecule has 0 aliphatic heterocycles. The molecule has 2 heterocycles. The monoisotopic (exact) mass is 339 g/mol. The molecule has 0 radical (unpaired) electrons. The van der Waals surface area contributed by atoms with Gasteiger partial charge in [0.05, 0.1) is 21.9 Å². The van der Waals surface area contributed by atoms with Crippen molar-refractivity contribution in [3.05, 3.63) is 56.8 Å². The van der Waals surface area contributed by atoms with Crippen molar-refractivity contribution in [1.82, 2.24) is 14.0 Å². The molecule has 0 atom stereocenters. The lowest BCUT2D eigenvalue weighted by Gasteiger charge is -2.10. The average Bonchev–Trinajstić information content (AvgIpc) is 2.90. The normalized spacial score (nSPS) is 11.8. The maximum absolute atomic E-state index is 12.9. The van der Waals surface area contributed by atoms with Crippen molar-refractivity contribution < 1.29 is 0 Å². The van der Waals surface area contributed by atoms with Crippen molar-refractivity contribution in [3.8, 4) is 0 Å². The third-order valence-electron chi connectivity index (χ3n) is 4.62. The van der Waals surface area contributed by atoms with Crippen LogP contribution >= 0.6 is 11.6 Å². The van der Waals surface area contributed by atoms with E-state index in [0.29, 0.717) is 22.7 Å². The van der Waals surface area contributed by atoms with Crippen molar-refractivity contribution in [2.45, 2.75) is 33.7 Å². The second-order valence-electron chi connectivity index (χ2n) is 6.29. The minimum absolute atomic E-state index is 0.0365. The molecule has 0 amide bonds. The zero-order chi connectivity index (χ0) is 17.0. The van der Waals surface area contributed by atoms with Crippen LogP contribution in [0.15, 0.2) is 35.1 Å². The standard InChI is InChI=1S/C19H18ClN3O/c1-4-7-22-18(24)14-10-13(20)5-6-16(14)23-17-9-12(3)11(2)8-15(17)21-19(22)23/h5-6,8-10H,4,7H2,1-3H3. The quantitative estimate of drug-likeness (QED) is 0.540. The fourth-order valence-corrected chi connectivity index (χ4v) is 3.45. The molecule has 2 aromatic carbocycles. The smallest absolute Gasteiger partial charge is 0.262 e. The Labute approximate surface area is 144 Å². The Morgan fingerprint density at radius 3 is 2.58 bits per heavy atom. The van der Waals surface area contributed by atoms with E-state index >= 15 is 0 Å². The van der Waals surface area contributed by atoms with E-state index in [4.69, 9.17) is 16.6 Å². The second kappa shape index (κ2) is 5.35. The Morgan fingerprint density at radius 1 is 1.08 bits per heavy atom. The van der Waals surface area contributed by atoms with Crippen LogP contribution in [0, 0.1) is 13.8 Å². The first-order chi connectivity index (χ1) is 11.5. The lowest BCUT2D eigenvalue weighted by atomic mass is 10.1. The Hall–Kier alpha value is -2.33. The lowest BCUT2D eigenvalue weighted by molar-refractivity contribution is 0.665. The summed E-state index contributed by atoms with van der Waals surface area (Å²) in [5, 5.41) is 1.19. The van der Waals surface area contributed by atoms with Crippen molar-refractivity contribution in [3.63, 3.8) is 0 Å². The highest BCUT2D eigenvalue weighted by atomic mass is 35.5. The number of hydrogen-bond donors (Lipinski definition) is 0. The Morgan fingerprint density at radius 2 is 1.83 bits per heavy atom. The SMILES string of the molecule is CCCn1c(=O)c2cc(Cl)ccc2n2c3cc(C)c(C)cc3nc12. The molecule has 4 rings (SSSR count). The first-order valence-electron chi connectivity index (χ1n) is 8.12. The molecule has 0 fully saturated rings. The van der Waals surface area contributed by atoms with E-state index in [1.54, 1.807) is 10.6 Å². The summed E-state index contributed by atoms with van der Waals surface area (Å²) in [6.07, 6.45) is 0.864. The van der Waals surface area contributed by atoms with Crippen LogP contribution < -0.4 is 5.56 Å². The van der Waals surface area contributed by atoms with Crippen LogP contribution in [0.3, 0.4) is 0 Å². The van der Waals surface area contributed by atoms with Gasteiger partial charge in [0.1, 0.15) is 0 Å². The average molecular weight is 340 g/mol. The highest BCUT2D eigenvalue weighted by Crippen LogP contribution is 2.25. The van der Waals surface area contributed by atoms with E-state index in [0.717, 1.165) is 23.0 Å². The molecule has 0 saturated heterocycles. The predicted octanol–water partition coefficient (Wildman–Crippen LogP) is 4.48. The topological polar surface area (TPSA) is 39.3 Å². The number of aryl methyl sites for hydroxylation is 3. The van der Waals surface area contributed by atoms with Gasteiger partial charge in [-0.05, 0) is 61.7 Å². The van der Waals surface area contributed by atoms with E-state index in [-0.39, 0.29) is 5.56 Å². The number of rotatable bonds is 2. The minimum atomic E-state index is -0.0365. The molecule has 0 bridgehead atoms. The van der Waals surface area contributed by atoms with Gasteiger partial charge in [-0.15, -0.1) is 0 Å². The van der Waals surface area contributed by atoms with E-state index in [1.165, 1.54) is 11.1 Å². The highest BCUT2D eigenvalue weighted by Gasteiger charge is 2.16. The maximum Gasteiger partial charge on any atom is 0.262 e. The Balaban J connectivity index is 2.32. The number of nitrogens with zero attached hydrogens (tertiary/aromatic N) is 3.